The first-order chi connectivity index (χ1) is 9.00. The van der Waals surface area contributed by atoms with Crippen molar-refractivity contribution in [2.24, 2.45) is 0 Å². The summed E-state index contributed by atoms with van der Waals surface area (Å²) in [6.07, 6.45) is 0.772. The number of H-pyrrole nitrogens is 1. The zero-order valence-electron chi connectivity index (χ0n) is 11.3. The summed E-state index contributed by atoms with van der Waals surface area (Å²) in [5, 5.41) is 6.67. The maximum atomic E-state index is 12.3. The van der Waals surface area contributed by atoms with Crippen LogP contribution in [0.5, 0.6) is 0 Å². The van der Waals surface area contributed by atoms with Crippen LogP contribution in [0, 0.1) is 6.92 Å². The molecule has 1 fully saturated rings. The molecule has 1 aliphatic heterocycles. The van der Waals surface area contributed by atoms with Crippen molar-refractivity contribution >= 4 is 17.5 Å². The molecule has 0 atom stereocenters. The fourth-order valence-electron chi connectivity index (χ4n) is 2.19. The fraction of sp³-hybridized carbons (Fsp3) is 0.583. The molecule has 1 aromatic rings. The third-order valence-electron chi connectivity index (χ3n) is 3.43. The first-order valence-corrected chi connectivity index (χ1v) is 6.36. The Hall–Kier alpha value is -2.05. The molecule has 1 aromatic heterocycles. The first-order valence-electron chi connectivity index (χ1n) is 6.36. The largest absolute Gasteiger partial charge is 0.395 e. The molecule has 0 unspecified atom stereocenters. The Morgan fingerprint density at radius 2 is 1.84 bits per heavy atom. The van der Waals surface area contributed by atoms with Crippen LogP contribution in [0.25, 0.3) is 0 Å². The van der Waals surface area contributed by atoms with E-state index in [1.165, 1.54) is 0 Å². The minimum Gasteiger partial charge on any atom is -0.395 e. The number of carbonyl (C=O) groups is 2. The number of rotatable bonds is 1. The van der Waals surface area contributed by atoms with E-state index in [9.17, 15) is 9.59 Å². The molecule has 3 N–H and O–H groups in total. The monoisotopic (exact) mass is 265 g/mol. The maximum absolute atomic E-state index is 12.3. The molecule has 0 bridgehead atoms. The van der Waals surface area contributed by atoms with Gasteiger partial charge in [0.05, 0.1) is 11.4 Å². The number of aromatic nitrogens is 2. The normalized spacial score (nSPS) is 16.3. The maximum Gasteiger partial charge on any atom is 0.276 e. The molecule has 7 heteroatoms. The Balaban J connectivity index is 2.08. The Morgan fingerprint density at radius 3 is 2.42 bits per heavy atom. The van der Waals surface area contributed by atoms with Crippen molar-refractivity contribution in [3.8, 4) is 0 Å². The minimum atomic E-state index is -0.174. The van der Waals surface area contributed by atoms with Gasteiger partial charge in [0.2, 0.25) is 5.91 Å². The summed E-state index contributed by atoms with van der Waals surface area (Å²) in [4.78, 5) is 27.1. The van der Waals surface area contributed by atoms with Crippen molar-refractivity contribution in [2.75, 3.05) is 31.9 Å². The lowest BCUT2D eigenvalue weighted by atomic mass is 10.2. The summed E-state index contributed by atoms with van der Waals surface area (Å²) in [5.74, 6) is -0.128. The van der Waals surface area contributed by atoms with E-state index in [0.29, 0.717) is 37.6 Å². The molecule has 0 aliphatic carbocycles. The molecule has 0 saturated carbocycles. The molecule has 2 heterocycles. The van der Waals surface area contributed by atoms with E-state index >= 15 is 0 Å². The van der Waals surface area contributed by atoms with Crippen molar-refractivity contribution in [3.05, 3.63) is 11.4 Å². The van der Waals surface area contributed by atoms with E-state index in [4.69, 9.17) is 5.73 Å². The minimum absolute atomic E-state index is 0.0458. The number of nitrogens with two attached hydrogens (primary N) is 1. The molecule has 19 heavy (non-hydrogen) atoms. The van der Waals surface area contributed by atoms with Crippen LogP contribution in [0.1, 0.15) is 29.5 Å². The predicted molar refractivity (Wildman–Crippen MR) is 70.5 cm³/mol. The van der Waals surface area contributed by atoms with Crippen LogP contribution >= 0.6 is 0 Å². The quantitative estimate of drug-likeness (QED) is 0.746. The van der Waals surface area contributed by atoms with Crippen LogP contribution < -0.4 is 5.73 Å². The second kappa shape index (κ2) is 5.29. The van der Waals surface area contributed by atoms with E-state index in [0.717, 1.165) is 6.42 Å². The molecule has 2 rings (SSSR count). The van der Waals surface area contributed by atoms with Crippen LogP contribution in [0.15, 0.2) is 0 Å². The summed E-state index contributed by atoms with van der Waals surface area (Å²) < 4.78 is 0. The number of hydrogen-bond donors (Lipinski definition) is 2. The molecule has 0 aromatic carbocycles. The molecule has 2 amide bonds. The lowest BCUT2D eigenvalue weighted by Gasteiger charge is -2.20. The van der Waals surface area contributed by atoms with Gasteiger partial charge in [-0.05, 0) is 13.3 Å². The SMILES string of the molecule is CC(=O)N1CCCN(C(=O)c2n[nH]c(C)c2N)CC1. The summed E-state index contributed by atoms with van der Waals surface area (Å²) >= 11 is 0. The van der Waals surface area contributed by atoms with Gasteiger partial charge in [-0.1, -0.05) is 0 Å². The van der Waals surface area contributed by atoms with E-state index in [2.05, 4.69) is 10.2 Å². The summed E-state index contributed by atoms with van der Waals surface area (Å²) in [5.41, 5.74) is 7.19. The van der Waals surface area contributed by atoms with Crippen LogP contribution in [-0.4, -0.2) is 58.0 Å². The molecule has 1 aliphatic rings. The third-order valence-corrected chi connectivity index (χ3v) is 3.43. The smallest absolute Gasteiger partial charge is 0.276 e. The summed E-state index contributed by atoms with van der Waals surface area (Å²) in [7, 11) is 0. The van der Waals surface area contributed by atoms with Crippen LogP contribution in [-0.2, 0) is 4.79 Å². The van der Waals surface area contributed by atoms with Gasteiger partial charge in [-0.25, -0.2) is 0 Å². The Kier molecular flexibility index (Phi) is 3.73. The zero-order chi connectivity index (χ0) is 14.0. The zero-order valence-corrected chi connectivity index (χ0v) is 11.3. The number of nitrogens with one attached hydrogen (secondary N) is 1. The Bertz CT molecular complexity index is 496. The topological polar surface area (TPSA) is 95.3 Å². The van der Waals surface area contributed by atoms with Crippen molar-refractivity contribution in [2.45, 2.75) is 20.3 Å². The summed E-state index contributed by atoms with van der Waals surface area (Å²) in [6, 6.07) is 0. The highest BCUT2D eigenvalue weighted by atomic mass is 16.2. The average molecular weight is 265 g/mol. The second-order valence-corrected chi connectivity index (χ2v) is 4.76. The first kappa shape index (κ1) is 13.4. The molecular formula is C12H19N5O2. The van der Waals surface area contributed by atoms with E-state index < -0.39 is 0 Å². The van der Waals surface area contributed by atoms with E-state index in [-0.39, 0.29) is 17.5 Å². The van der Waals surface area contributed by atoms with Gasteiger partial charge in [0.25, 0.3) is 5.91 Å². The van der Waals surface area contributed by atoms with Crippen LogP contribution in [0.4, 0.5) is 5.69 Å². The van der Waals surface area contributed by atoms with Gasteiger partial charge < -0.3 is 15.5 Å². The predicted octanol–water partition coefficient (Wildman–Crippen LogP) is -0.00528. The van der Waals surface area contributed by atoms with Gasteiger partial charge in [-0.15, -0.1) is 0 Å². The number of aromatic amines is 1. The van der Waals surface area contributed by atoms with Crippen molar-refractivity contribution in [3.63, 3.8) is 0 Å². The number of aryl methyl sites for hydroxylation is 1. The van der Waals surface area contributed by atoms with Gasteiger partial charge in [-0.3, -0.25) is 14.7 Å². The van der Waals surface area contributed by atoms with E-state index in [1.807, 2.05) is 0 Å². The molecule has 0 spiro atoms. The average Bonchev–Trinajstić information content (AvgIpc) is 2.60. The molecule has 1 saturated heterocycles. The van der Waals surface area contributed by atoms with Gasteiger partial charge in [0, 0.05) is 33.1 Å². The lowest BCUT2D eigenvalue weighted by molar-refractivity contribution is -0.128. The Labute approximate surface area is 111 Å². The number of carbonyl (C=O) groups excluding carboxylic acids is 2. The van der Waals surface area contributed by atoms with Crippen molar-refractivity contribution in [1.29, 1.82) is 0 Å². The fourth-order valence-corrected chi connectivity index (χ4v) is 2.19. The highest BCUT2D eigenvalue weighted by Gasteiger charge is 2.24. The van der Waals surface area contributed by atoms with Crippen molar-refractivity contribution < 1.29 is 9.59 Å². The molecule has 0 radical (unpaired) electrons. The lowest BCUT2D eigenvalue weighted by Crippen LogP contribution is -2.36. The second-order valence-electron chi connectivity index (χ2n) is 4.76. The highest BCUT2D eigenvalue weighted by Crippen LogP contribution is 2.16. The number of nitrogen functional groups attached to an aromatic ring is 1. The summed E-state index contributed by atoms with van der Waals surface area (Å²) in [6.45, 7) is 5.71. The number of amides is 2. The molecular weight excluding hydrogens is 246 g/mol. The number of hydrogen-bond acceptors (Lipinski definition) is 4. The molecule has 104 valence electrons. The van der Waals surface area contributed by atoms with Crippen molar-refractivity contribution in [1.82, 2.24) is 20.0 Å². The van der Waals surface area contributed by atoms with E-state index in [1.54, 1.807) is 23.6 Å². The van der Waals surface area contributed by atoms with Gasteiger partial charge >= 0.3 is 0 Å². The number of nitrogens with zero attached hydrogens (tertiary/aromatic N) is 3. The van der Waals surface area contributed by atoms with Gasteiger partial charge in [0.1, 0.15) is 0 Å². The van der Waals surface area contributed by atoms with Gasteiger partial charge in [0.15, 0.2) is 5.69 Å². The third kappa shape index (κ3) is 2.69. The standard InChI is InChI=1S/C12H19N5O2/c1-8-10(13)11(15-14-8)12(19)17-5-3-4-16(6-7-17)9(2)18/h3-7,13H2,1-2H3,(H,14,15). The Morgan fingerprint density at radius 1 is 1.21 bits per heavy atom. The van der Waals surface area contributed by atoms with Crippen LogP contribution in [0.2, 0.25) is 0 Å². The number of anilines is 1. The van der Waals surface area contributed by atoms with Crippen LogP contribution in [0.3, 0.4) is 0 Å². The highest BCUT2D eigenvalue weighted by molar-refractivity contribution is 5.97. The van der Waals surface area contributed by atoms with Gasteiger partial charge in [-0.2, -0.15) is 5.10 Å². The molecule has 7 nitrogen and oxygen atoms in total.